The van der Waals surface area contributed by atoms with Crippen LogP contribution in [0.1, 0.15) is 32.6 Å². The van der Waals surface area contributed by atoms with Crippen LogP contribution in [0.4, 0.5) is 0 Å². The van der Waals surface area contributed by atoms with E-state index in [0.29, 0.717) is 24.0 Å². The van der Waals surface area contributed by atoms with Gasteiger partial charge in [-0.3, -0.25) is 0 Å². The Labute approximate surface area is 121 Å². The van der Waals surface area contributed by atoms with E-state index in [4.69, 9.17) is 4.74 Å². The van der Waals surface area contributed by atoms with Crippen molar-refractivity contribution in [3.63, 3.8) is 0 Å². The van der Waals surface area contributed by atoms with Crippen LogP contribution in [0, 0.1) is 0 Å². The summed E-state index contributed by atoms with van der Waals surface area (Å²) in [5.41, 5.74) is 0. The van der Waals surface area contributed by atoms with Crippen LogP contribution in [0.5, 0.6) is 5.75 Å². The molecule has 2 rings (SSSR count). The van der Waals surface area contributed by atoms with Crippen molar-refractivity contribution in [2.45, 2.75) is 43.5 Å². The molecule has 1 saturated heterocycles. The van der Waals surface area contributed by atoms with Gasteiger partial charge in [-0.15, -0.1) is 0 Å². The first kappa shape index (κ1) is 15.3. The number of hydrogen-bond acceptors (Lipinski definition) is 4. The molecule has 112 valence electrons. The maximum atomic E-state index is 11.9. The SMILES string of the molecule is CCCS(=O)(=O)c1ccc(OCC2CCCCN2)cc1. The Morgan fingerprint density at radius 3 is 2.60 bits per heavy atom. The normalized spacial score (nSPS) is 19.8. The van der Waals surface area contributed by atoms with E-state index in [-0.39, 0.29) is 5.75 Å². The fourth-order valence-corrected chi connectivity index (χ4v) is 3.72. The molecule has 1 aromatic carbocycles. The summed E-state index contributed by atoms with van der Waals surface area (Å²) in [6, 6.07) is 7.16. The van der Waals surface area contributed by atoms with E-state index < -0.39 is 9.84 Å². The zero-order chi connectivity index (χ0) is 14.4. The lowest BCUT2D eigenvalue weighted by molar-refractivity contribution is 0.239. The van der Waals surface area contributed by atoms with Crippen LogP contribution in [0.25, 0.3) is 0 Å². The first-order chi connectivity index (χ1) is 9.62. The van der Waals surface area contributed by atoms with Crippen molar-refractivity contribution in [3.8, 4) is 5.75 Å². The molecule has 0 saturated carbocycles. The lowest BCUT2D eigenvalue weighted by Gasteiger charge is -2.23. The van der Waals surface area contributed by atoms with Gasteiger partial charge in [-0.2, -0.15) is 0 Å². The highest BCUT2D eigenvalue weighted by Crippen LogP contribution is 2.18. The summed E-state index contributed by atoms with van der Waals surface area (Å²) in [6.07, 6.45) is 4.26. The first-order valence-corrected chi connectivity index (χ1v) is 8.96. The second-order valence-corrected chi connectivity index (χ2v) is 7.36. The van der Waals surface area contributed by atoms with Gasteiger partial charge in [-0.1, -0.05) is 13.3 Å². The molecule has 0 amide bonds. The summed E-state index contributed by atoms with van der Waals surface area (Å²) in [6.45, 7) is 3.56. The second kappa shape index (κ2) is 7.09. The topological polar surface area (TPSA) is 55.4 Å². The number of hydrogen-bond donors (Lipinski definition) is 1. The van der Waals surface area contributed by atoms with Gasteiger partial charge in [-0.25, -0.2) is 8.42 Å². The van der Waals surface area contributed by atoms with E-state index in [2.05, 4.69) is 5.32 Å². The third-order valence-electron chi connectivity index (χ3n) is 3.52. The monoisotopic (exact) mass is 297 g/mol. The molecule has 1 N–H and O–H groups in total. The van der Waals surface area contributed by atoms with Crippen molar-refractivity contribution in [1.29, 1.82) is 0 Å². The minimum Gasteiger partial charge on any atom is -0.492 e. The van der Waals surface area contributed by atoms with E-state index in [9.17, 15) is 8.42 Å². The van der Waals surface area contributed by atoms with Crippen molar-refractivity contribution in [2.24, 2.45) is 0 Å². The van der Waals surface area contributed by atoms with Crippen LogP contribution in [-0.4, -0.2) is 33.4 Å². The minimum absolute atomic E-state index is 0.194. The van der Waals surface area contributed by atoms with Crippen molar-refractivity contribution >= 4 is 9.84 Å². The van der Waals surface area contributed by atoms with Gasteiger partial charge in [0.2, 0.25) is 0 Å². The summed E-state index contributed by atoms with van der Waals surface area (Å²) in [4.78, 5) is 0.377. The third kappa shape index (κ3) is 4.21. The highest BCUT2D eigenvalue weighted by atomic mass is 32.2. The number of piperidine rings is 1. The highest BCUT2D eigenvalue weighted by Gasteiger charge is 2.14. The smallest absolute Gasteiger partial charge is 0.178 e. The average molecular weight is 297 g/mol. The van der Waals surface area contributed by atoms with Crippen molar-refractivity contribution in [2.75, 3.05) is 18.9 Å². The Hall–Kier alpha value is -1.07. The Morgan fingerprint density at radius 1 is 1.25 bits per heavy atom. The molecule has 0 spiro atoms. The van der Waals surface area contributed by atoms with Gasteiger partial charge in [-0.05, 0) is 50.1 Å². The molecular formula is C15H23NO3S. The Balaban J connectivity index is 1.91. The molecule has 1 heterocycles. The number of nitrogens with one attached hydrogen (secondary N) is 1. The number of ether oxygens (including phenoxy) is 1. The maximum Gasteiger partial charge on any atom is 0.178 e. The van der Waals surface area contributed by atoms with Gasteiger partial charge in [0.05, 0.1) is 10.6 Å². The van der Waals surface area contributed by atoms with Crippen LogP contribution in [0.2, 0.25) is 0 Å². The first-order valence-electron chi connectivity index (χ1n) is 7.31. The second-order valence-electron chi connectivity index (χ2n) is 5.25. The molecule has 4 nitrogen and oxygen atoms in total. The van der Waals surface area contributed by atoms with Gasteiger partial charge in [0, 0.05) is 6.04 Å². The molecule has 5 heteroatoms. The molecule has 0 aromatic heterocycles. The van der Waals surface area contributed by atoms with Crippen LogP contribution in [-0.2, 0) is 9.84 Å². The lowest BCUT2D eigenvalue weighted by atomic mass is 10.1. The quantitative estimate of drug-likeness (QED) is 0.876. The lowest BCUT2D eigenvalue weighted by Crippen LogP contribution is -2.38. The largest absolute Gasteiger partial charge is 0.492 e. The molecule has 20 heavy (non-hydrogen) atoms. The van der Waals surface area contributed by atoms with Gasteiger partial charge in [0.25, 0.3) is 0 Å². The molecule has 1 atom stereocenters. The van der Waals surface area contributed by atoms with Crippen LogP contribution in [0.15, 0.2) is 29.2 Å². The van der Waals surface area contributed by atoms with Crippen LogP contribution >= 0.6 is 0 Å². The van der Waals surface area contributed by atoms with E-state index in [0.717, 1.165) is 18.7 Å². The van der Waals surface area contributed by atoms with Crippen molar-refractivity contribution < 1.29 is 13.2 Å². The number of benzene rings is 1. The Kier molecular flexibility index (Phi) is 5.43. The molecule has 1 fully saturated rings. The number of rotatable bonds is 6. The molecule has 1 aromatic rings. The number of sulfone groups is 1. The molecule has 1 unspecified atom stereocenters. The van der Waals surface area contributed by atoms with Gasteiger partial charge >= 0.3 is 0 Å². The summed E-state index contributed by atoms with van der Waals surface area (Å²) >= 11 is 0. The molecular weight excluding hydrogens is 274 g/mol. The van der Waals surface area contributed by atoms with Gasteiger partial charge in [0.1, 0.15) is 12.4 Å². The average Bonchev–Trinajstić information content (AvgIpc) is 2.47. The molecule has 0 aliphatic carbocycles. The third-order valence-corrected chi connectivity index (χ3v) is 5.46. The fraction of sp³-hybridized carbons (Fsp3) is 0.600. The van der Waals surface area contributed by atoms with Crippen LogP contribution < -0.4 is 10.1 Å². The fourth-order valence-electron chi connectivity index (χ4n) is 2.39. The maximum absolute atomic E-state index is 11.9. The van der Waals surface area contributed by atoms with E-state index >= 15 is 0 Å². The van der Waals surface area contributed by atoms with E-state index in [1.165, 1.54) is 12.8 Å². The van der Waals surface area contributed by atoms with Gasteiger partial charge < -0.3 is 10.1 Å². The van der Waals surface area contributed by atoms with Crippen LogP contribution in [0.3, 0.4) is 0 Å². The van der Waals surface area contributed by atoms with Gasteiger partial charge in [0.15, 0.2) is 9.84 Å². The predicted octanol–water partition coefficient (Wildman–Crippen LogP) is 2.39. The molecule has 0 bridgehead atoms. The zero-order valence-corrected chi connectivity index (χ0v) is 12.8. The summed E-state index contributed by atoms with van der Waals surface area (Å²) in [5, 5.41) is 3.42. The molecule has 0 radical (unpaired) electrons. The molecule has 1 aliphatic heterocycles. The van der Waals surface area contributed by atoms with Crippen molar-refractivity contribution in [3.05, 3.63) is 24.3 Å². The highest BCUT2D eigenvalue weighted by molar-refractivity contribution is 7.91. The summed E-state index contributed by atoms with van der Waals surface area (Å²) < 4.78 is 29.5. The Bertz CT molecular complexity index is 504. The van der Waals surface area contributed by atoms with E-state index in [1.54, 1.807) is 24.3 Å². The zero-order valence-electron chi connectivity index (χ0n) is 12.0. The molecule has 1 aliphatic rings. The summed E-state index contributed by atoms with van der Waals surface area (Å²) in [7, 11) is -3.13. The van der Waals surface area contributed by atoms with E-state index in [1.807, 2.05) is 6.92 Å². The minimum atomic E-state index is -3.13. The summed E-state index contributed by atoms with van der Waals surface area (Å²) in [5.74, 6) is 0.923. The van der Waals surface area contributed by atoms with Crippen molar-refractivity contribution in [1.82, 2.24) is 5.32 Å². The predicted molar refractivity (Wildman–Crippen MR) is 79.9 cm³/mol. The Morgan fingerprint density at radius 2 is 2.00 bits per heavy atom. The standard InChI is InChI=1S/C15H23NO3S/c1-2-11-20(17,18)15-8-6-14(7-9-15)19-12-13-5-3-4-10-16-13/h6-9,13,16H,2-5,10-12H2,1H3.